The molecule has 0 aliphatic heterocycles. The summed E-state index contributed by atoms with van der Waals surface area (Å²) in [4.78, 5) is 9.34. The quantitative estimate of drug-likeness (QED) is 0.433. The van der Waals surface area contributed by atoms with Crippen LogP contribution in [0.2, 0.25) is 0 Å². The van der Waals surface area contributed by atoms with Gasteiger partial charge in [0, 0.05) is 0 Å². The van der Waals surface area contributed by atoms with Crippen molar-refractivity contribution in [1.82, 2.24) is 5.48 Å². The molecule has 36 valence electrons. The Morgan fingerprint density at radius 3 is 2.50 bits per heavy atom. The second-order valence-electron chi connectivity index (χ2n) is 0.715. The van der Waals surface area contributed by atoms with Crippen molar-refractivity contribution < 1.29 is 9.90 Å². The van der Waals surface area contributed by atoms with Crippen LogP contribution < -0.4 is 5.48 Å². The van der Waals surface area contributed by atoms with Gasteiger partial charge in [0.2, 0.25) is 0 Å². The fourth-order valence-electron chi connectivity index (χ4n) is 0.0617. The number of carboxylic acids is 1. The van der Waals surface area contributed by atoms with Gasteiger partial charge < -0.3 is 15.8 Å². The first-order chi connectivity index (χ1) is 2.77. The van der Waals surface area contributed by atoms with E-state index in [0.717, 1.165) is 0 Å². The minimum absolute atomic E-state index is 0.514. The van der Waals surface area contributed by atoms with Crippen LogP contribution in [0.1, 0.15) is 0 Å². The lowest BCUT2D eigenvalue weighted by molar-refractivity contribution is -0.135. The SMILES string of the molecule is O=C(O)CN[O-]. The van der Waals surface area contributed by atoms with E-state index in [0.29, 0.717) is 0 Å². The molecule has 0 atom stereocenters. The number of hydrogen-bond acceptors (Lipinski definition) is 3. The predicted molar refractivity (Wildman–Crippen MR) is 19.0 cm³/mol. The van der Waals surface area contributed by atoms with E-state index in [-0.39, 0.29) is 0 Å². The molecule has 4 nitrogen and oxygen atoms in total. The molecule has 0 aromatic rings. The molecular weight excluding hydrogens is 86.0 g/mol. The monoisotopic (exact) mass is 90.0 g/mol. The lowest BCUT2D eigenvalue weighted by Crippen LogP contribution is -2.15. The molecule has 0 spiro atoms. The Labute approximate surface area is 34.4 Å². The minimum Gasteiger partial charge on any atom is -0.787 e. The van der Waals surface area contributed by atoms with Crippen molar-refractivity contribution in [3.05, 3.63) is 5.21 Å². The van der Waals surface area contributed by atoms with Crippen molar-refractivity contribution in [2.45, 2.75) is 0 Å². The van der Waals surface area contributed by atoms with Gasteiger partial charge in [-0.3, -0.25) is 4.79 Å². The number of hydrogen-bond donors (Lipinski definition) is 2. The number of nitrogens with one attached hydrogen (secondary N) is 1. The highest BCUT2D eigenvalue weighted by Gasteiger charge is 1.83. The third kappa shape index (κ3) is 3.39. The van der Waals surface area contributed by atoms with Crippen LogP contribution in [-0.4, -0.2) is 17.6 Å². The van der Waals surface area contributed by atoms with Crippen LogP contribution in [0.25, 0.3) is 0 Å². The number of rotatable bonds is 2. The minimum atomic E-state index is -1.13. The topological polar surface area (TPSA) is 72.4 Å². The average Bonchev–Trinajstić information content (AvgIpc) is 1.35. The van der Waals surface area contributed by atoms with E-state index < -0.39 is 12.5 Å². The van der Waals surface area contributed by atoms with Gasteiger partial charge in [0.15, 0.2) is 0 Å². The first kappa shape index (κ1) is 5.39. The van der Waals surface area contributed by atoms with Gasteiger partial charge in [0.25, 0.3) is 0 Å². The molecule has 0 fully saturated rings. The highest BCUT2D eigenvalue weighted by atomic mass is 16.5. The molecule has 0 saturated heterocycles. The zero-order valence-electron chi connectivity index (χ0n) is 2.97. The third-order valence-corrected chi connectivity index (χ3v) is 0.223. The Hall–Kier alpha value is -0.610. The molecule has 0 aromatic heterocycles. The van der Waals surface area contributed by atoms with Crippen LogP contribution in [0.5, 0.6) is 0 Å². The fraction of sp³-hybridized carbons (Fsp3) is 0.500. The van der Waals surface area contributed by atoms with E-state index in [1.54, 1.807) is 0 Å². The number of carbonyl (C=O) groups is 1. The lowest BCUT2D eigenvalue weighted by Gasteiger charge is -1.98. The lowest BCUT2D eigenvalue weighted by atomic mass is 10.7. The van der Waals surface area contributed by atoms with E-state index in [2.05, 4.69) is 0 Å². The van der Waals surface area contributed by atoms with Crippen LogP contribution in [0, 0.1) is 5.21 Å². The zero-order chi connectivity index (χ0) is 4.99. The van der Waals surface area contributed by atoms with Crippen LogP contribution in [0.4, 0.5) is 0 Å². The average molecular weight is 90.1 g/mol. The van der Waals surface area contributed by atoms with Gasteiger partial charge in [-0.2, -0.15) is 0 Å². The number of carboxylic acid groups (broad SMARTS) is 1. The van der Waals surface area contributed by atoms with Crippen molar-refractivity contribution in [3.8, 4) is 0 Å². The van der Waals surface area contributed by atoms with E-state index in [4.69, 9.17) is 10.3 Å². The molecule has 0 aliphatic carbocycles. The maximum absolute atomic E-state index is 9.34. The molecule has 0 unspecified atom stereocenters. The largest absolute Gasteiger partial charge is 0.787 e. The van der Waals surface area contributed by atoms with Gasteiger partial charge in [0.1, 0.15) is 0 Å². The summed E-state index contributed by atoms with van der Waals surface area (Å²) < 4.78 is 0. The Bertz CT molecular complexity index is 52.8. The molecule has 6 heavy (non-hydrogen) atoms. The highest BCUT2D eigenvalue weighted by molar-refractivity contribution is 5.69. The summed E-state index contributed by atoms with van der Waals surface area (Å²) in [6, 6.07) is 0. The fourth-order valence-corrected chi connectivity index (χ4v) is 0.0617. The molecule has 0 amide bonds. The van der Waals surface area contributed by atoms with Crippen molar-refractivity contribution >= 4 is 5.97 Å². The second kappa shape index (κ2) is 2.62. The summed E-state index contributed by atoms with van der Waals surface area (Å²) in [5.41, 5.74) is 1.22. The summed E-state index contributed by atoms with van der Waals surface area (Å²) in [6.45, 7) is -0.514. The van der Waals surface area contributed by atoms with Gasteiger partial charge in [-0.05, 0) is 0 Å². The second-order valence-corrected chi connectivity index (χ2v) is 0.715. The summed E-state index contributed by atoms with van der Waals surface area (Å²) in [7, 11) is 0. The van der Waals surface area contributed by atoms with Crippen molar-refractivity contribution in [3.63, 3.8) is 0 Å². The van der Waals surface area contributed by atoms with Crippen LogP contribution in [0.3, 0.4) is 0 Å². The molecule has 0 heterocycles. The molecule has 4 heteroatoms. The van der Waals surface area contributed by atoms with Gasteiger partial charge in [0.05, 0.1) is 6.54 Å². The van der Waals surface area contributed by atoms with Crippen LogP contribution >= 0.6 is 0 Å². The van der Waals surface area contributed by atoms with E-state index in [9.17, 15) is 4.79 Å². The van der Waals surface area contributed by atoms with Crippen LogP contribution in [-0.2, 0) is 4.79 Å². The first-order valence-electron chi connectivity index (χ1n) is 1.34. The van der Waals surface area contributed by atoms with Crippen LogP contribution in [0.15, 0.2) is 0 Å². The maximum atomic E-state index is 9.34. The summed E-state index contributed by atoms with van der Waals surface area (Å²) in [5, 5.41) is 16.8. The summed E-state index contributed by atoms with van der Waals surface area (Å²) >= 11 is 0. The van der Waals surface area contributed by atoms with E-state index in [1.807, 2.05) is 0 Å². The molecular formula is C2H4NO3-. The molecule has 0 radical (unpaired) electrons. The smallest absolute Gasteiger partial charge is 0.316 e. The van der Waals surface area contributed by atoms with E-state index >= 15 is 0 Å². The Morgan fingerprint density at radius 2 is 2.50 bits per heavy atom. The van der Waals surface area contributed by atoms with Gasteiger partial charge >= 0.3 is 5.97 Å². The standard InChI is InChI=1S/C2H4NO3/c4-2(5)1-3-6/h3H,1H2,(H,4,5)/q-1. The van der Waals surface area contributed by atoms with Crippen molar-refractivity contribution in [1.29, 1.82) is 0 Å². The van der Waals surface area contributed by atoms with E-state index in [1.165, 1.54) is 5.48 Å². The van der Waals surface area contributed by atoms with Crippen molar-refractivity contribution in [2.75, 3.05) is 6.54 Å². The third-order valence-electron chi connectivity index (χ3n) is 0.223. The first-order valence-corrected chi connectivity index (χ1v) is 1.34. The molecule has 0 saturated carbocycles. The maximum Gasteiger partial charge on any atom is 0.316 e. The molecule has 0 rings (SSSR count). The Kier molecular flexibility index (Phi) is 2.35. The van der Waals surface area contributed by atoms with Gasteiger partial charge in [-0.25, -0.2) is 0 Å². The molecule has 0 aromatic carbocycles. The number of aliphatic carboxylic acids is 1. The van der Waals surface area contributed by atoms with Gasteiger partial charge in [-0.1, -0.05) is 0 Å². The highest BCUT2D eigenvalue weighted by Crippen LogP contribution is 1.51. The molecule has 0 aliphatic rings. The Balaban J connectivity index is 2.83. The Morgan fingerprint density at radius 1 is 2.00 bits per heavy atom. The molecule has 2 N–H and O–H groups in total. The zero-order valence-corrected chi connectivity index (χ0v) is 2.97. The normalized spacial score (nSPS) is 8.17. The van der Waals surface area contributed by atoms with Crippen molar-refractivity contribution in [2.24, 2.45) is 0 Å². The summed E-state index contributed by atoms with van der Waals surface area (Å²) in [6.07, 6.45) is 0. The summed E-state index contributed by atoms with van der Waals surface area (Å²) in [5.74, 6) is -1.13. The van der Waals surface area contributed by atoms with Gasteiger partial charge in [-0.15, -0.1) is 0 Å². The molecule has 0 bridgehead atoms. The predicted octanol–water partition coefficient (Wildman–Crippen LogP) is -0.842. The number of hydroxylamine groups is 1.